The molecule has 0 spiro atoms. The SMILES string of the molecule is CC1CCNCC(CO)N1C1CC1. The van der Waals surface area contributed by atoms with Crippen LogP contribution in [0.5, 0.6) is 0 Å². The highest BCUT2D eigenvalue weighted by Crippen LogP contribution is 2.31. The minimum atomic E-state index is 0.299. The monoisotopic (exact) mass is 184 g/mol. The summed E-state index contributed by atoms with van der Waals surface area (Å²) in [6, 6.07) is 1.76. The van der Waals surface area contributed by atoms with Gasteiger partial charge in [0.05, 0.1) is 6.61 Å². The lowest BCUT2D eigenvalue weighted by atomic mass is 10.1. The van der Waals surface area contributed by atoms with E-state index in [4.69, 9.17) is 0 Å². The maximum Gasteiger partial charge on any atom is 0.0599 e. The van der Waals surface area contributed by atoms with Crippen molar-refractivity contribution in [2.24, 2.45) is 0 Å². The zero-order valence-electron chi connectivity index (χ0n) is 8.37. The second kappa shape index (κ2) is 3.95. The Labute approximate surface area is 80.1 Å². The zero-order chi connectivity index (χ0) is 9.26. The zero-order valence-corrected chi connectivity index (χ0v) is 8.37. The lowest BCUT2D eigenvalue weighted by molar-refractivity contribution is 0.0909. The van der Waals surface area contributed by atoms with E-state index in [1.807, 2.05) is 0 Å². The van der Waals surface area contributed by atoms with Crippen molar-refractivity contribution in [1.82, 2.24) is 10.2 Å². The molecule has 0 aromatic carbocycles. The average molecular weight is 184 g/mol. The van der Waals surface area contributed by atoms with Crippen LogP contribution in [-0.4, -0.2) is 47.8 Å². The quantitative estimate of drug-likeness (QED) is 0.643. The molecule has 2 aliphatic rings. The van der Waals surface area contributed by atoms with Crippen molar-refractivity contribution in [2.75, 3.05) is 19.7 Å². The predicted octanol–water partition coefficient (Wildman–Crippen LogP) is 0.194. The third-order valence-corrected chi connectivity index (χ3v) is 3.23. The summed E-state index contributed by atoms with van der Waals surface area (Å²) in [5, 5.41) is 12.7. The molecule has 0 amide bonds. The summed E-state index contributed by atoms with van der Waals surface area (Å²) in [6.07, 6.45) is 3.88. The Hall–Kier alpha value is -0.120. The van der Waals surface area contributed by atoms with Gasteiger partial charge >= 0.3 is 0 Å². The third-order valence-electron chi connectivity index (χ3n) is 3.23. The van der Waals surface area contributed by atoms with Gasteiger partial charge in [-0.25, -0.2) is 0 Å². The van der Waals surface area contributed by atoms with Crippen molar-refractivity contribution >= 4 is 0 Å². The smallest absolute Gasteiger partial charge is 0.0599 e. The molecule has 0 aromatic heterocycles. The van der Waals surface area contributed by atoms with E-state index < -0.39 is 0 Å². The largest absolute Gasteiger partial charge is 0.395 e. The van der Waals surface area contributed by atoms with Gasteiger partial charge in [0, 0.05) is 24.7 Å². The van der Waals surface area contributed by atoms with E-state index in [0.29, 0.717) is 18.7 Å². The third kappa shape index (κ3) is 2.03. The normalized spacial score (nSPS) is 37.4. The summed E-state index contributed by atoms with van der Waals surface area (Å²) in [4.78, 5) is 2.53. The molecule has 2 N–H and O–H groups in total. The fraction of sp³-hybridized carbons (Fsp3) is 1.00. The van der Waals surface area contributed by atoms with Crippen LogP contribution < -0.4 is 5.32 Å². The van der Waals surface area contributed by atoms with Gasteiger partial charge < -0.3 is 10.4 Å². The summed E-state index contributed by atoms with van der Waals surface area (Å²) in [6.45, 7) is 4.64. The maximum absolute atomic E-state index is 9.30. The predicted molar refractivity (Wildman–Crippen MR) is 52.7 cm³/mol. The number of nitrogens with zero attached hydrogens (tertiary/aromatic N) is 1. The van der Waals surface area contributed by atoms with Gasteiger partial charge in [-0.15, -0.1) is 0 Å². The molecule has 1 saturated carbocycles. The molecule has 1 saturated heterocycles. The van der Waals surface area contributed by atoms with Crippen LogP contribution in [0.3, 0.4) is 0 Å². The van der Waals surface area contributed by atoms with Crippen molar-refractivity contribution in [3.63, 3.8) is 0 Å². The summed E-state index contributed by atoms with van der Waals surface area (Å²) in [5.74, 6) is 0. The Kier molecular flexibility index (Phi) is 2.86. The summed E-state index contributed by atoms with van der Waals surface area (Å²) in [7, 11) is 0. The fourth-order valence-corrected chi connectivity index (χ4v) is 2.38. The maximum atomic E-state index is 9.30. The Bertz CT molecular complexity index is 170. The molecular formula is C10H20N2O. The topological polar surface area (TPSA) is 35.5 Å². The number of hydrogen-bond acceptors (Lipinski definition) is 3. The van der Waals surface area contributed by atoms with E-state index in [-0.39, 0.29) is 0 Å². The lowest BCUT2D eigenvalue weighted by Gasteiger charge is -2.33. The van der Waals surface area contributed by atoms with Gasteiger partial charge in [0.25, 0.3) is 0 Å². The minimum absolute atomic E-state index is 0.299. The van der Waals surface area contributed by atoms with Gasteiger partial charge in [-0.1, -0.05) is 0 Å². The van der Waals surface area contributed by atoms with Crippen LogP contribution in [0.4, 0.5) is 0 Å². The van der Waals surface area contributed by atoms with Gasteiger partial charge in [0.15, 0.2) is 0 Å². The highest BCUT2D eigenvalue weighted by Gasteiger charge is 2.37. The molecule has 2 atom stereocenters. The van der Waals surface area contributed by atoms with E-state index in [9.17, 15) is 5.11 Å². The van der Waals surface area contributed by atoms with Crippen LogP contribution in [0.15, 0.2) is 0 Å². The molecule has 1 aliphatic heterocycles. The molecule has 0 radical (unpaired) electrons. The van der Waals surface area contributed by atoms with Gasteiger partial charge in [0.2, 0.25) is 0 Å². The molecule has 0 bridgehead atoms. The van der Waals surface area contributed by atoms with Gasteiger partial charge in [-0.05, 0) is 32.7 Å². The van der Waals surface area contributed by atoms with Crippen molar-refractivity contribution < 1.29 is 5.11 Å². The van der Waals surface area contributed by atoms with Crippen molar-refractivity contribution in [2.45, 2.75) is 44.3 Å². The molecule has 76 valence electrons. The van der Waals surface area contributed by atoms with Crippen LogP contribution in [0.25, 0.3) is 0 Å². The van der Waals surface area contributed by atoms with E-state index in [2.05, 4.69) is 17.1 Å². The Balaban J connectivity index is 2.03. The van der Waals surface area contributed by atoms with Gasteiger partial charge in [-0.3, -0.25) is 4.90 Å². The van der Waals surface area contributed by atoms with Crippen LogP contribution in [0, 0.1) is 0 Å². The Morgan fingerprint density at radius 1 is 1.38 bits per heavy atom. The van der Waals surface area contributed by atoms with Crippen molar-refractivity contribution in [1.29, 1.82) is 0 Å². The Morgan fingerprint density at radius 3 is 2.77 bits per heavy atom. The molecule has 1 aliphatic carbocycles. The molecule has 2 fully saturated rings. The van der Waals surface area contributed by atoms with E-state index in [1.54, 1.807) is 0 Å². The van der Waals surface area contributed by atoms with Crippen molar-refractivity contribution in [3.8, 4) is 0 Å². The molecular weight excluding hydrogens is 164 g/mol. The Morgan fingerprint density at radius 2 is 2.15 bits per heavy atom. The average Bonchev–Trinajstić information content (AvgIpc) is 2.91. The fourth-order valence-electron chi connectivity index (χ4n) is 2.38. The first-order valence-electron chi connectivity index (χ1n) is 5.42. The van der Waals surface area contributed by atoms with Crippen LogP contribution in [-0.2, 0) is 0 Å². The first kappa shape index (κ1) is 9.44. The minimum Gasteiger partial charge on any atom is -0.395 e. The van der Waals surface area contributed by atoms with Crippen molar-refractivity contribution in [3.05, 3.63) is 0 Å². The second-order valence-corrected chi connectivity index (χ2v) is 4.36. The molecule has 3 nitrogen and oxygen atoms in total. The number of nitrogens with one attached hydrogen (secondary N) is 1. The van der Waals surface area contributed by atoms with E-state index in [0.717, 1.165) is 19.1 Å². The highest BCUT2D eigenvalue weighted by atomic mass is 16.3. The summed E-state index contributed by atoms with van der Waals surface area (Å²) < 4.78 is 0. The van der Waals surface area contributed by atoms with Crippen LogP contribution in [0.2, 0.25) is 0 Å². The van der Waals surface area contributed by atoms with Crippen LogP contribution in [0.1, 0.15) is 26.2 Å². The standard InChI is InChI=1S/C10H20N2O/c1-8-4-5-11-6-10(7-13)12(8)9-2-3-9/h8-11,13H,2-7H2,1H3. The molecule has 2 unspecified atom stereocenters. The molecule has 3 heteroatoms. The highest BCUT2D eigenvalue weighted by molar-refractivity contribution is 4.93. The molecule has 1 heterocycles. The summed E-state index contributed by atoms with van der Waals surface area (Å²) >= 11 is 0. The summed E-state index contributed by atoms with van der Waals surface area (Å²) in [5.41, 5.74) is 0. The van der Waals surface area contributed by atoms with Gasteiger partial charge in [0.1, 0.15) is 0 Å². The lowest BCUT2D eigenvalue weighted by Crippen LogP contribution is -2.47. The molecule has 0 aromatic rings. The second-order valence-electron chi connectivity index (χ2n) is 4.36. The number of rotatable bonds is 2. The number of aliphatic hydroxyl groups excluding tert-OH is 1. The molecule has 13 heavy (non-hydrogen) atoms. The first-order chi connectivity index (χ1) is 6.33. The number of aliphatic hydroxyl groups is 1. The number of hydrogen-bond donors (Lipinski definition) is 2. The van der Waals surface area contributed by atoms with Gasteiger partial charge in [-0.2, -0.15) is 0 Å². The van der Waals surface area contributed by atoms with Crippen LogP contribution >= 0.6 is 0 Å². The first-order valence-corrected chi connectivity index (χ1v) is 5.42. The molecule has 2 rings (SSSR count). The van der Waals surface area contributed by atoms with E-state index >= 15 is 0 Å². The van der Waals surface area contributed by atoms with E-state index in [1.165, 1.54) is 19.3 Å².